The van der Waals surface area contributed by atoms with Crippen LogP contribution < -0.4 is 5.73 Å². The van der Waals surface area contributed by atoms with Gasteiger partial charge in [0.1, 0.15) is 5.15 Å². The fraction of sp³-hybridized carbons (Fsp3) is 0.556. The van der Waals surface area contributed by atoms with Gasteiger partial charge in [-0.15, -0.1) is 0 Å². The topological polar surface area (TPSA) is 55.0 Å². The molecule has 0 aliphatic carbocycles. The lowest BCUT2D eigenvalue weighted by atomic mass is 10.3. The van der Waals surface area contributed by atoms with Gasteiger partial charge >= 0.3 is 0 Å². The molecule has 2 N–H and O–H groups in total. The average Bonchev–Trinajstić information content (AvgIpc) is 2.12. The summed E-state index contributed by atoms with van der Waals surface area (Å²) in [6.07, 6.45) is 0. The Hall–Kier alpha value is -0.870. The molecule has 1 heterocycles. The molecule has 0 saturated heterocycles. The van der Waals surface area contributed by atoms with Gasteiger partial charge in [0.05, 0.1) is 5.69 Å². The molecule has 0 saturated carbocycles. The molecule has 0 aliphatic rings. The Kier molecular flexibility index (Phi) is 4.10. The second-order valence-corrected chi connectivity index (χ2v) is 3.39. The normalized spacial score (nSPS) is 10.9. The summed E-state index contributed by atoms with van der Waals surface area (Å²) in [5, 5.41) is 0.402. The summed E-state index contributed by atoms with van der Waals surface area (Å²) in [6, 6.07) is 1.75. The summed E-state index contributed by atoms with van der Waals surface area (Å²) in [5.41, 5.74) is 6.36. The maximum Gasteiger partial charge on any atom is 0.221 e. The van der Waals surface area contributed by atoms with Crippen molar-refractivity contribution in [1.82, 2.24) is 14.9 Å². The Balaban J connectivity index is 2.75. The van der Waals surface area contributed by atoms with Crippen molar-refractivity contribution >= 4 is 17.5 Å². The third-order valence-corrected chi connectivity index (χ3v) is 2.24. The Labute approximate surface area is 89.1 Å². The fourth-order valence-electron chi connectivity index (χ4n) is 1.24. The van der Waals surface area contributed by atoms with Crippen molar-refractivity contribution in [1.29, 1.82) is 0 Å². The molecule has 0 amide bonds. The minimum Gasteiger partial charge on any atom is -0.368 e. The lowest BCUT2D eigenvalue weighted by Crippen LogP contribution is -2.23. The van der Waals surface area contributed by atoms with Gasteiger partial charge < -0.3 is 5.73 Å². The van der Waals surface area contributed by atoms with E-state index in [-0.39, 0.29) is 5.95 Å². The van der Waals surface area contributed by atoms with Gasteiger partial charge in [0.25, 0.3) is 0 Å². The van der Waals surface area contributed by atoms with Crippen LogP contribution >= 0.6 is 11.6 Å². The summed E-state index contributed by atoms with van der Waals surface area (Å²) < 4.78 is 0. The Morgan fingerprint density at radius 3 is 2.50 bits per heavy atom. The van der Waals surface area contributed by atoms with Gasteiger partial charge in [-0.05, 0) is 19.2 Å². The molecule has 5 heteroatoms. The lowest BCUT2D eigenvalue weighted by Gasteiger charge is -2.17. The highest BCUT2D eigenvalue weighted by Crippen LogP contribution is 2.10. The van der Waals surface area contributed by atoms with Gasteiger partial charge in [-0.1, -0.05) is 25.4 Å². The van der Waals surface area contributed by atoms with Gasteiger partial charge in [-0.3, -0.25) is 4.90 Å². The highest BCUT2D eigenvalue weighted by atomic mass is 35.5. The van der Waals surface area contributed by atoms with E-state index in [1.807, 2.05) is 0 Å². The van der Waals surface area contributed by atoms with Gasteiger partial charge in [0.2, 0.25) is 5.95 Å². The molecule has 0 radical (unpaired) electrons. The summed E-state index contributed by atoms with van der Waals surface area (Å²) >= 11 is 5.77. The van der Waals surface area contributed by atoms with Crippen molar-refractivity contribution in [2.24, 2.45) is 0 Å². The second kappa shape index (κ2) is 5.12. The first kappa shape index (κ1) is 11.2. The van der Waals surface area contributed by atoms with Crippen molar-refractivity contribution in [3.05, 3.63) is 16.9 Å². The molecule has 0 aliphatic heterocycles. The van der Waals surface area contributed by atoms with Crippen LogP contribution in [0.3, 0.4) is 0 Å². The fourth-order valence-corrected chi connectivity index (χ4v) is 1.45. The largest absolute Gasteiger partial charge is 0.368 e. The summed E-state index contributed by atoms with van der Waals surface area (Å²) in [6.45, 7) is 6.95. The van der Waals surface area contributed by atoms with E-state index in [0.29, 0.717) is 5.15 Å². The van der Waals surface area contributed by atoms with Crippen LogP contribution in [0.4, 0.5) is 5.95 Å². The summed E-state index contributed by atoms with van der Waals surface area (Å²) in [5.74, 6) is 0.236. The first-order valence-electron chi connectivity index (χ1n) is 4.67. The molecule has 0 atom stereocenters. The molecule has 0 spiro atoms. The maximum absolute atomic E-state index is 5.77. The van der Waals surface area contributed by atoms with Crippen molar-refractivity contribution in [2.45, 2.75) is 20.4 Å². The van der Waals surface area contributed by atoms with E-state index >= 15 is 0 Å². The predicted molar refractivity (Wildman–Crippen MR) is 58.1 cm³/mol. The molecule has 0 unspecified atom stereocenters. The van der Waals surface area contributed by atoms with Crippen LogP contribution in [0.2, 0.25) is 5.15 Å². The van der Waals surface area contributed by atoms with Gasteiger partial charge in [0, 0.05) is 6.54 Å². The van der Waals surface area contributed by atoms with E-state index in [9.17, 15) is 0 Å². The molecule has 78 valence electrons. The molecule has 1 rings (SSSR count). The number of hydrogen-bond donors (Lipinski definition) is 1. The number of halogens is 1. The van der Waals surface area contributed by atoms with Crippen molar-refractivity contribution in [3.8, 4) is 0 Å². The molecule has 14 heavy (non-hydrogen) atoms. The van der Waals surface area contributed by atoms with Gasteiger partial charge in [-0.25, -0.2) is 9.97 Å². The molecular formula is C9H15ClN4. The zero-order valence-corrected chi connectivity index (χ0v) is 9.25. The number of nitrogens with zero attached hydrogens (tertiary/aromatic N) is 3. The zero-order chi connectivity index (χ0) is 10.6. The third-order valence-electron chi connectivity index (χ3n) is 2.05. The van der Waals surface area contributed by atoms with E-state index in [2.05, 4.69) is 28.7 Å². The number of nitrogens with two attached hydrogens (primary N) is 1. The lowest BCUT2D eigenvalue weighted by molar-refractivity contribution is 0.292. The SMILES string of the molecule is CCN(CC)Cc1cc(Cl)nc(N)n1. The number of anilines is 1. The van der Waals surface area contributed by atoms with Gasteiger partial charge in [0.15, 0.2) is 0 Å². The quantitative estimate of drug-likeness (QED) is 0.773. The Morgan fingerprint density at radius 2 is 2.00 bits per heavy atom. The molecule has 0 bridgehead atoms. The minimum absolute atomic E-state index is 0.236. The zero-order valence-electron chi connectivity index (χ0n) is 8.50. The molecule has 4 nitrogen and oxygen atoms in total. The van der Waals surface area contributed by atoms with Crippen LogP contribution in [-0.4, -0.2) is 28.0 Å². The number of rotatable bonds is 4. The van der Waals surface area contributed by atoms with E-state index in [1.165, 1.54) is 0 Å². The van der Waals surface area contributed by atoms with E-state index < -0.39 is 0 Å². The molecule has 0 fully saturated rings. The van der Waals surface area contributed by atoms with E-state index in [4.69, 9.17) is 17.3 Å². The predicted octanol–water partition coefficient (Wildman–Crippen LogP) is 1.55. The van der Waals surface area contributed by atoms with Crippen LogP contribution in [0.25, 0.3) is 0 Å². The summed E-state index contributed by atoms with van der Waals surface area (Å²) in [7, 11) is 0. The summed E-state index contributed by atoms with van der Waals surface area (Å²) in [4.78, 5) is 10.2. The van der Waals surface area contributed by atoms with Crippen molar-refractivity contribution < 1.29 is 0 Å². The van der Waals surface area contributed by atoms with Crippen LogP contribution in [-0.2, 0) is 6.54 Å². The number of aromatic nitrogens is 2. The highest BCUT2D eigenvalue weighted by molar-refractivity contribution is 6.29. The first-order valence-corrected chi connectivity index (χ1v) is 5.04. The standard InChI is InChI=1S/C9H15ClN4/c1-3-14(4-2)6-7-5-8(10)13-9(11)12-7/h5H,3-4,6H2,1-2H3,(H2,11,12,13). The highest BCUT2D eigenvalue weighted by Gasteiger charge is 2.04. The van der Waals surface area contributed by atoms with E-state index in [0.717, 1.165) is 25.3 Å². The molecule has 1 aromatic rings. The molecule has 1 aromatic heterocycles. The Morgan fingerprint density at radius 1 is 1.36 bits per heavy atom. The second-order valence-electron chi connectivity index (χ2n) is 3.00. The number of hydrogen-bond acceptors (Lipinski definition) is 4. The smallest absolute Gasteiger partial charge is 0.221 e. The Bertz CT molecular complexity index is 279. The van der Waals surface area contributed by atoms with Crippen LogP contribution in [0.15, 0.2) is 6.07 Å². The van der Waals surface area contributed by atoms with Crippen molar-refractivity contribution in [2.75, 3.05) is 18.8 Å². The average molecular weight is 215 g/mol. The van der Waals surface area contributed by atoms with Crippen molar-refractivity contribution in [3.63, 3.8) is 0 Å². The van der Waals surface area contributed by atoms with E-state index in [1.54, 1.807) is 6.07 Å². The van der Waals surface area contributed by atoms with Crippen LogP contribution in [0, 0.1) is 0 Å². The monoisotopic (exact) mass is 214 g/mol. The van der Waals surface area contributed by atoms with Crippen LogP contribution in [0.5, 0.6) is 0 Å². The minimum atomic E-state index is 0.236. The number of nitrogen functional groups attached to an aromatic ring is 1. The third kappa shape index (κ3) is 3.12. The maximum atomic E-state index is 5.77. The first-order chi connectivity index (χ1) is 6.65. The molecule has 0 aromatic carbocycles. The molecular weight excluding hydrogens is 200 g/mol. The van der Waals surface area contributed by atoms with Gasteiger partial charge in [-0.2, -0.15) is 0 Å². The van der Waals surface area contributed by atoms with Crippen LogP contribution in [0.1, 0.15) is 19.5 Å².